The number of methoxy groups -OCH3 is 1. The molecule has 0 unspecified atom stereocenters. The molecule has 1 aromatic heterocycles. The Kier molecular flexibility index (Phi) is 7.62. The summed E-state index contributed by atoms with van der Waals surface area (Å²) in [6, 6.07) is 7.84. The van der Waals surface area contributed by atoms with Crippen LogP contribution >= 0.6 is 35.3 Å². The molecule has 0 amide bonds. The van der Waals surface area contributed by atoms with Crippen molar-refractivity contribution < 1.29 is 4.74 Å². The highest BCUT2D eigenvalue weighted by atomic mass is 127. The summed E-state index contributed by atoms with van der Waals surface area (Å²) >= 11 is 1.59. The lowest BCUT2D eigenvalue weighted by Gasteiger charge is -2.10. The van der Waals surface area contributed by atoms with Crippen molar-refractivity contribution in [2.75, 3.05) is 12.4 Å². The fourth-order valence-corrected chi connectivity index (χ4v) is 2.42. The van der Waals surface area contributed by atoms with Crippen molar-refractivity contribution in [2.45, 2.75) is 20.1 Å². The van der Waals surface area contributed by atoms with Crippen LogP contribution in [0.5, 0.6) is 0 Å². The minimum Gasteiger partial charge on any atom is -0.380 e. The molecule has 0 aliphatic heterocycles. The van der Waals surface area contributed by atoms with Crippen LogP contribution in [-0.2, 0) is 17.9 Å². The molecule has 7 heteroatoms. The number of aryl methyl sites for hydroxylation is 1. The van der Waals surface area contributed by atoms with Crippen LogP contribution in [0, 0.1) is 6.92 Å². The van der Waals surface area contributed by atoms with Gasteiger partial charge in [0.1, 0.15) is 5.01 Å². The lowest BCUT2D eigenvalue weighted by Crippen LogP contribution is -2.23. The highest BCUT2D eigenvalue weighted by Gasteiger charge is 2.03. The molecule has 1 heterocycles. The number of aromatic nitrogens is 1. The number of ether oxygens (including phenoxy) is 1. The maximum atomic E-state index is 5.90. The molecule has 1 aromatic carbocycles. The number of nitrogens with one attached hydrogen (secondary N) is 1. The molecule has 2 aromatic rings. The third kappa shape index (κ3) is 5.60. The Morgan fingerprint density at radius 1 is 1.43 bits per heavy atom. The second kappa shape index (κ2) is 8.96. The van der Waals surface area contributed by atoms with Crippen LogP contribution in [0.4, 0.5) is 5.69 Å². The number of guanidine groups is 1. The van der Waals surface area contributed by atoms with Crippen LogP contribution in [0.3, 0.4) is 0 Å². The first-order valence-electron chi connectivity index (χ1n) is 6.24. The number of hydrogen-bond acceptors (Lipinski definition) is 4. The van der Waals surface area contributed by atoms with Gasteiger partial charge in [0.15, 0.2) is 5.96 Å². The first kappa shape index (κ1) is 17.9. The Bertz CT molecular complexity index is 600. The highest BCUT2D eigenvalue weighted by Crippen LogP contribution is 2.15. The molecule has 0 spiro atoms. The Hall–Kier alpha value is -1.19. The molecule has 0 aliphatic rings. The number of hydrogen-bond donors (Lipinski definition) is 2. The summed E-state index contributed by atoms with van der Waals surface area (Å²) in [5.74, 6) is 0.376. The van der Waals surface area contributed by atoms with Crippen LogP contribution in [-0.4, -0.2) is 18.1 Å². The van der Waals surface area contributed by atoms with E-state index in [1.165, 1.54) is 0 Å². The third-order valence-electron chi connectivity index (χ3n) is 2.63. The first-order valence-corrected chi connectivity index (χ1v) is 7.12. The van der Waals surface area contributed by atoms with Crippen molar-refractivity contribution in [2.24, 2.45) is 10.7 Å². The fraction of sp³-hybridized carbons (Fsp3) is 0.286. The molecule has 0 saturated heterocycles. The zero-order valence-corrected chi connectivity index (χ0v) is 15.1. The second-order valence-electron chi connectivity index (χ2n) is 4.30. The Balaban J connectivity index is 0.00000220. The molecule has 3 N–H and O–H groups in total. The molecular formula is C14H19IN4OS. The van der Waals surface area contributed by atoms with Crippen molar-refractivity contribution in [3.05, 3.63) is 45.9 Å². The summed E-state index contributed by atoms with van der Waals surface area (Å²) in [6.07, 6.45) is 0. The summed E-state index contributed by atoms with van der Waals surface area (Å²) in [7, 11) is 1.67. The summed E-state index contributed by atoms with van der Waals surface area (Å²) in [6.45, 7) is 2.98. The molecule has 21 heavy (non-hydrogen) atoms. The quantitative estimate of drug-likeness (QED) is 0.445. The molecule has 0 fully saturated rings. The first-order chi connectivity index (χ1) is 9.69. The molecular weight excluding hydrogens is 399 g/mol. The number of nitrogens with zero attached hydrogens (tertiary/aromatic N) is 2. The van der Waals surface area contributed by atoms with Crippen LogP contribution in [0.2, 0.25) is 0 Å². The van der Waals surface area contributed by atoms with Crippen molar-refractivity contribution in [3.8, 4) is 0 Å². The Morgan fingerprint density at radius 3 is 2.86 bits per heavy atom. The zero-order valence-electron chi connectivity index (χ0n) is 12.0. The van der Waals surface area contributed by atoms with Crippen LogP contribution in [0.25, 0.3) is 0 Å². The maximum Gasteiger partial charge on any atom is 0.193 e. The largest absolute Gasteiger partial charge is 0.380 e. The van der Waals surface area contributed by atoms with E-state index in [4.69, 9.17) is 10.5 Å². The predicted molar refractivity (Wildman–Crippen MR) is 98.4 cm³/mol. The predicted octanol–water partition coefficient (Wildman–Crippen LogP) is 3.14. The summed E-state index contributed by atoms with van der Waals surface area (Å²) in [5.41, 5.74) is 8.86. The van der Waals surface area contributed by atoms with Gasteiger partial charge >= 0.3 is 0 Å². The number of anilines is 1. The van der Waals surface area contributed by atoms with Gasteiger partial charge in [0.2, 0.25) is 0 Å². The van der Waals surface area contributed by atoms with Crippen molar-refractivity contribution in [1.29, 1.82) is 0 Å². The number of aliphatic imine (C=N–C) groups is 1. The van der Waals surface area contributed by atoms with Gasteiger partial charge in [0, 0.05) is 29.4 Å². The van der Waals surface area contributed by atoms with Crippen molar-refractivity contribution in [1.82, 2.24) is 4.98 Å². The van der Waals surface area contributed by atoms with Gasteiger partial charge in [-0.25, -0.2) is 9.98 Å². The standard InChI is InChI=1S/C14H18N4OS.HI/c1-10-9-20-13(17-10)7-16-14(15)18-12-6-4-3-5-11(12)8-19-2;/h3-6,9H,7-8H2,1-2H3,(H3,15,16,18);1H. The van der Waals surface area contributed by atoms with Crippen molar-refractivity contribution in [3.63, 3.8) is 0 Å². The third-order valence-corrected chi connectivity index (χ3v) is 3.58. The van der Waals surface area contributed by atoms with E-state index in [1.807, 2.05) is 36.6 Å². The topological polar surface area (TPSA) is 72.5 Å². The van der Waals surface area contributed by atoms with Gasteiger partial charge in [-0.1, -0.05) is 18.2 Å². The number of nitrogens with two attached hydrogens (primary N) is 1. The molecule has 0 bridgehead atoms. The van der Waals surface area contributed by atoms with E-state index in [-0.39, 0.29) is 24.0 Å². The molecule has 0 saturated carbocycles. The summed E-state index contributed by atoms with van der Waals surface area (Å²) in [4.78, 5) is 8.64. The molecule has 5 nitrogen and oxygen atoms in total. The molecule has 0 atom stereocenters. The summed E-state index contributed by atoms with van der Waals surface area (Å²) < 4.78 is 5.15. The monoisotopic (exact) mass is 418 g/mol. The van der Waals surface area contributed by atoms with Crippen LogP contribution < -0.4 is 11.1 Å². The average Bonchev–Trinajstić information content (AvgIpc) is 2.85. The van der Waals surface area contributed by atoms with E-state index in [2.05, 4.69) is 15.3 Å². The van der Waals surface area contributed by atoms with Gasteiger partial charge in [0.25, 0.3) is 0 Å². The van der Waals surface area contributed by atoms with Gasteiger partial charge in [-0.2, -0.15) is 0 Å². The molecule has 114 valence electrons. The minimum atomic E-state index is 0. The number of para-hydroxylation sites is 1. The van der Waals surface area contributed by atoms with Gasteiger partial charge in [-0.05, 0) is 13.0 Å². The van der Waals surface area contributed by atoms with E-state index in [1.54, 1.807) is 18.4 Å². The normalized spacial score (nSPS) is 11.0. The van der Waals surface area contributed by atoms with Crippen LogP contribution in [0.1, 0.15) is 16.3 Å². The minimum absolute atomic E-state index is 0. The Labute approximate surface area is 145 Å². The van der Waals surface area contributed by atoms with Gasteiger partial charge in [-0.15, -0.1) is 35.3 Å². The smallest absolute Gasteiger partial charge is 0.193 e. The van der Waals surface area contributed by atoms with Gasteiger partial charge in [-0.3, -0.25) is 0 Å². The molecule has 0 aliphatic carbocycles. The van der Waals surface area contributed by atoms with Crippen LogP contribution in [0.15, 0.2) is 34.6 Å². The second-order valence-corrected chi connectivity index (χ2v) is 5.24. The number of thiazole rings is 1. The van der Waals surface area contributed by atoms with E-state index in [9.17, 15) is 0 Å². The van der Waals surface area contributed by atoms with Gasteiger partial charge in [0.05, 0.1) is 13.2 Å². The molecule has 2 rings (SSSR count). The fourth-order valence-electron chi connectivity index (χ4n) is 1.73. The van der Waals surface area contributed by atoms with E-state index in [0.717, 1.165) is 22.0 Å². The van der Waals surface area contributed by atoms with Gasteiger partial charge < -0.3 is 15.8 Å². The van der Waals surface area contributed by atoms with Crippen molar-refractivity contribution >= 4 is 47.0 Å². The number of benzene rings is 1. The van der Waals surface area contributed by atoms with E-state index < -0.39 is 0 Å². The average molecular weight is 418 g/mol. The maximum absolute atomic E-state index is 5.90. The lowest BCUT2D eigenvalue weighted by atomic mass is 10.2. The number of rotatable bonds is 5. The summed E-state index contributed by atoms with van der Waals surface area (Å²) in [5, 5.41) is 6.06. The lowest BCUT2D eigenvalue weighted by molar-refractivity contribution is 0.185. The molecule has 0 radical (unpaired) electrons. The van der Waals surface area contributed by atoms with E-state index in [0.29, 0.717) is 19.1 Å². The number of halogens is 1. The highest BCUT2D eigenvalue weighted by molar-refractivity contribution is 14.0. The zero-order chi connectivity index (χ0) is 14.4. The van der Waals surface area contributed by atoms with E-state index >= 15 is 0 Å². The SMILES string of the molecule is COCc1ccccc1NC(N)=NCc1nc(C)cs1.I. The Morgan fingerprint density at radius 2 is 2.19 bits per heavy atom.